The Morgan fingerprint density at radius 3 is 2.90 bits per heavy atom. The molecule has 108 valence electrons. The van der Waals surface area contributed by atoms with Crippen LogP contribution in [-0.2, 0) is 0 Å². The largest absolute Gasteiger partial charge is 0.494 e. The summed E-state index contributed by atoms with van der Waals surface area (Å²) >= 11 is 5.44. The lowest BCUT2D eigenvalue weighted by molar-refractivity contribution is 0.285. The topological polar surface area (TPSA) is 29.9 Å². The minimum atomic E-state index is -0.361. The van der Waals surface area contributed by atoms with E-state index in [1.165, 1.54) is 26.0 Å². The van der Waals surface area contributed by atoms with E-state index in [0.29, 0.717) is 16.7 Å². The van der Waals surface area contributed by atoms with Crippen LogP contribution < -0.4 is 4.74 Å². The third-order valence-corrected chi connectivity index (χ3v) is 4.56. The molecule has 2 aromatic rings. The van der Waals surface area contributed by atoms with Gasteiger partial charge in [-0.15, -0.1) is 0 Å². The van der Waals surface area contributed by atoms with E-state index in [1.807, 2.05) is 0 Å². The van der Waals surface area contributed by atoms with Gasteiger partial charge in [0.25, 0.3) is 0 Å². The van der Waals surface area contributed by atoms with E-state index >= 15 is 0 Å². The molecule has 0 amide bonds. The minimum absolute atomic E-state index is 0.268. The Hall–Kier alpha value is -1.36. The Kier molecular flexibility index (Phi) is 3.54. The lowest BCUT2D eigenvalue weighted by Gasteiger charge is -2.28. The maximum absolute atomic E-state index is 13.8. The molecule has 2 atom stereocenters. The average Bonchev–Trinajstić information content (AvgIpc) is 2.72. The number of methoxy groups -OCH3 is 1. The highest BCUT2D eigenvalue weighted by Gasteiger charge is 2.23. The summed E-state index contributed by atoms with van der Waals surface area (Å²) in [5.74, 6) is 0.618. The first-order valence-corrected chi connectivity index (χ1v) is 7.48. The van der Waals surface area contributed by atoms with Crippen LogP contribution >= 0.6 is 12.2 Å². The first-order valence-electron chi connectivity index (χ1n) is 7.08. The summed E-state index contributed by atoms with van der Waals surface area (Å²) in [6, 6.07) is 3.61. The van der Waals surface area contributed by atoms with Crippen LogP contribution in [0.2, 0.25) is 0 Å². The van der Waals surface area contributed by atoms with Gasteiger partial charge in [0.1, 0.15) is 0 Å². The molecule has 1 aromatic heterocycles. The number of nitrogens with one attached hydrogen (secondary N) is 1. The van der Waals surface area contributed by atoms with Gasteiger partial charge in [-0.2, -0.15) is 0 Å². The predicted octanol–water partition coefficient (Wildman–Crippen LogP) is 4.60. The summed E-state index contributed by atoms with van der Waals surface area (Å²) in [6.45, 7) is 2.28. The molecule has 0 bridgehead atoms. The summed E-state index contributed by atoms with van der Waals surface area (Å²) in [4.78, 5) is 3.11. The Balaban J connectivity index is 2.14. The highest BCUT2D eigenvalue weighted by atomic mass is 32.1. The molecule has 0 spiro atoms. The van der Waals surface area contributed by atoms with Gasteiger partial charge in [0, 0.05) is 18.2 Å². The Morgan fingerprint density at radius 2 is 2.20 bits per heavy atom. The third kappa shape index (κ3) is 2.24. The summed E-state index contributed by atoms with van der Waals surface area (Å²) in [5.41, 5.74) is 1.68. The van der Waals surface area contributed by atoms with E-state index in [1.54, 1.807) is 6.07 Å². The van der Waals surface area contributed by atoms with Crippen LogP contribution in [0.4, 0.5) is 4.39 Å². The van der Waals surface area contributed by atoms with Crippen molar-refractivity contribution in [1.29, 1.82) is 0 Å². The summed E-state index contributed by atoms with van der Waals surface area (Å²) in [6.07, 6.45) is 4.76. The van der Waals surface area contributed by atoms with Crippen molar-refractivity contribution < 1.29 is 9.13 Å². The number of H-pyrrole nitrogens is 1. The highest BCUT2D eigenvalue weighted by molar-refractivity contribution is 7.71. The predicted molar refractivity (Wildman–Crippen MR) is 80.3 cm³/mol. The van der Waals surface area contributed by atoms with Crippen LogP contribution in [-0.4, -0.2) is 16.7 Å². The van der Waals surface area contributed by atoms with E-state index in [4.69, 9.17) is 17.0 Å². The van der Waals surface area contributed by atoms with Crippen LogP contribution in [0.1, 0.15) is 38.6 Å². The molecule has 3 rings (SSSR count). The number of fused-ring (bicyclic) bond motifs is 1. The zero-order valence-electron chi connectivity index (χ0n) is 11.8. The van der Waals surface area contributed by atoms with Crippen molar-refractivity contribution in [1.82, 2.24) is 9.55 Å². The zero-order chi connectivity index (χ0) is 14.3. The van der Waals surface area contributed by atoms with Crippen molar-refractivity contribution in [3.63, 3.8) is 0 Å². The van der Waals surface area contributed by atoms with Crippen molar-refractivity contribution >= 4 is 23.3 Å². The molecule has 2 unspecified atom stereocenters. The van der Waals surface area contributed by atoms with Crippen LogP contribution in [0.25, 0.3) is 11.0 Å². The zero-order valence-corrected chi connectivity index (χ0v) is 12.6. The number of rotatable bonds is 2. The Labute approximate surface area is 122 Å². The smallest absolute Gasteiger partial charge is 0.178 e. The number of halogens is 1. The van der Waals surface area contributed by atoms with Gasteiger partial charge in [-0.3, -0.25) is 0 Å². The lowest BCUT2D eigenvalue weighted by atomic mass is 9.87. The quantitative estimate of drug-likeness (QED) is 0.820. The van der Waals surface area contributed by atoms with E-state index in [0.717, 1.165) is 23.9 Å². The molecule has 1 saturated carbocycles. The fourth-order valence-electron chi connectivity index (χ4n) is 3.28. The number of hydrogen-bond acceptors (Lipinski definition) is 2. The molecule has 0 aliphatic heterocycles. The van der Waals surface area contributed by atoms with E-state index in [-0.39, 0.29) is 11.6 Å². The van der Waals surface area contributed by atoms with Crippen molar-refractivity contribution in [2.45, 2.75) is 38.6 Å². The van der Waals surface area contributed by atoms with Crippen molar-refractivity contribution in [2.24, 2.45) is 5.92 Å². The lowest BCUT2D eigenvalue weighted by Crippen LogP contribution is -2.17. The van der Waals surface area contributed by atoms with Crippen LogP contribution in [0.3, 0.4) is 0 Å². The number of aromatic amines is 1. The van der Waals surface area contributed by atoms with Gasteiger partial charge in [0.05, 0.1) is 18.1 Å². The fourth-order valence-corrected chi connectivity index (χ4v) is 3.64. The van der Waals surface area contributed by atoms with Crippen LogP contribution in [0.5, 0.6) is 5.75 Å². The normalized spacial score (nSPS) is 23.1. The third-order valence-electron chi connectivity index (χ3n) is 4.26. The maximum Gasteiger partial charge on any atom is 0.178 e. The number of ether oxygens (including phenoxy) is 1. The Morgan fingerprint density at radius 1 is 1.40 bits per heavy atom. The number of imidazole rings is 1. The molecular weight excluding hydrogens is 275 g/mol. The second kappa shape index (κ2) is 5.20. The number of benzene rings is 1. The van der Waals surface area contributed by atoms with Crippen LogP contribution in [0.15, 0.2) is 12.1 Å². The Bertz CT molecular complexity index is 691. The SMILES string of the molecule is COc1cc2c(cc1F)[nH]c(=S)n2C1CCCC(C)C1. The van der Waals surface area contributed by atoms with E-state index in [9.17, 15) is 4.39 Å². The average molecular weight is 294 g/mol. The van der Waals surface area contributed by atoms with Gasteiger partial charge in [-0.05, 0) is 31.0 Å². The maximum atomic E-state index is 13.8. The molecule has 3 nitrogen and oxygen atoms in total. The van der Waals surface area contributed by atoms with Gasteiger partial charge < -0.3 is 14.3 Å². The molecule has 1 heterocycles. The molecule has 1 fully saturated rings. The summed E-state index contributed by atoms with van der Waals surface area (Å²) in [7, 11) is 1.48. The van der Waals surface area contributed by atoms with Gasteiger partial charge in [-0.25, -0.2) is 4.39 Å². The highest BCUT2D eigenvalue weighted by Crippen LogP contribution is 2.35. The molecular formula is C15H19FN2OS. The minimum Gasteiger partial charge on any atom is -0.494 e. The second-order valence-corrected chi connectivity index (χ2v) is 6.12. The van der Waals surface area contributed by atoms with Crippen molar-refractivity contribution in [2.75, 3.05) is 7.11 Å². The molecule has 0 radical (unpaired) electrons. The molecule has 5 heteroatoms. The first-order chi connectivity index (χ1) is 9.60. The molecule has 0 saturated heterocycles. The van der Waals surface area contributed by atoms with E-state index < -0.39 is 0 Å². The fraction of sp³-hybridized carbons (Fsp3) is 0.533. The van der Waals surface area contributed by atoms with E-state index in [2.05, 4.69) is 16.5 Å². The number of nitrogens with zero attached hydrogens (tertiary/aromatic N) is 1. The second-order valence-electron chi connectivity index (χ2n) is 5.73. The number of hydrogen-bond donors (Lipinski definition) is 1. The molecule has 1 aromatic carbocycles. The van der Waals surface area contributed by atoms with Gasteiger partial charge in [0.2, 0.25) is 0 Å². The molecule has 20 heavy (non-hydrogen) atoms. The number of aromatic nitrogens is 2. The molecule has 1 N–H and O–H groups in total. The first kappa shape index (κ1) is 13.6. The monoisotopic (exact) mass is 294 g/mol. The van der Waals surface area contributed by atoms with Crippen LogP contribution in [0, 0.1) is 16.5 Å². The van der Waals surface area contributed by atoms with Crippen molar-refractivity contribution in [3.05, 3.63) is 22.7 Å². The van der Waals surface area contributed by atoms with Gasteiger partial charge in [0.15, 0.2) is 16.3 Å². The summed E-state index contributed by atoms with van der Waals surface area (Å²) < 4.78 is 21.7. The summed E-state index contributed by atoms with van der Waals surface area (Å²) in [5, 5.41) is 0. The molecule has 1 aliphatic carbocycles. The van der Waals surface area contributed by atoms with Gasteiger partial charge >= 0.3 is 0 Å². The van der Waals surface area contributed by atoms with Gasteiger partial charge in [-0.1, -0.05) is 19.8 Å². The molecule has 1 aliphatic rings. The van der Waals surface area contributed by atoms with Crippen molar-refractivity contribution in [3.8, 4) is 5.75 Å². The standard InChI is InChI=1S/C15H19FN2OS/c1-9-4-3-5-10(6-9)18-13-8-14(19-2)11(16)7-12(13)17-15(18)20/h7-10H,3-6H2,1-2H3,(H,17,20).